The minimum Gasteiger partial charge on any atom is -0.321 e. The highest BCUT2D eigenvalue weighted by molar-refractivity contribution is 7.87. The lowest BCUT2D eigenvalue weighted by Gasteiger charge is -2.06. The van der Waals surface area contributed by atoms with E-state index in [1.54, 1.807) is 0 Å². The standard InChI is InChI=1S/C6H6FO5PS/c7-14(11,12)6-4-2-1-3-5(6)13(8,9)10/h1-4H,(H2,8,9,10). The number of halogens is 1. The first-order chi connectivity index (χ1) is 6.23. The third-order valence-corrected chi connectivity index (χ3v) is 3.49. The van der Waals surface area contributed by atoms with E-state index < -0.39 is 28.0 Å². The van der Waals surface area contributed by atoms with Gasteiger partial charge in [-0.15, -0.1) is 3.89 Å². The molecule has 0 saturated carbocycles. The second-order valence-electron chi connectivity index (χ2n) is 2.45. The van der Waals surface area contributed by atoms with Crippen LogP contribution in [0.2, 0.25) is 0 Å². The Morgan fingerprint density at radius 3 is 2.07 bits per heavy atom. The Bertz CT molecular complexity index is 491. The molecule has 0 aliphatic carbocycles. The quantitative estimate of drug-likeness (QED) is 0.567. The summed E-state index contributed by atoms with van der Waals surface area (Å²) in [5, 5.41) is -0.831. The maximum atomic E-state index is 12.5. The van der Waals surface area contributed by atoms with Crippen molar-refractivity contribution in [1.29, 1.82) is 0 Å². The number of benzene rings is 1. The van der Waals surface area contributed by atoms with Crippen LogP contribution in [0.3, 0.4) is 0 Å². The van der Waals surface area contributed by atoms with Crippen molar-refractivity contribution in [3.8, 4) is 0 Å². The molecule has 0 fully saturated rings. The van der Waals surface area contributed by atoms with E-state index in [0.29, 0.717) is 0 Å². The van der Waals surface area contributed by atoms with Gasteiger partial charge in [0.15, 0.2) is 0 Å². The Morgan fingerprint density at radius 2 is 1.71 bits per heavy atom. The molecule has 0 heterocycles. The van der Waals surface area contributed by atoms with E-state index in [2.05, 4.69) is 0 Å². The number of hydrogen-bond donors (Lipinski definition) is 2. The minimum atomic E-state index is -5.11. The minimum absolute atomic E-state index is 0.795. The summed E-state index contributed by atoms with van der Waals surface area (Å²) in [7, 11) is -9.88. The normalized spacial score (nSPS) is 12.8. The average molecular weight is 240 g/mol. The van der Waals surface area contributed by atoms with Crippen LogP contribution in [-0.2, 0) is 14.8 Å². The smallest absolute Gasteiger partial charge is 0.321 e. The van der Waals surface area contributed by atoms with Crippen molar-refractivity contribution in [2.24, 2.45) is 0 Å². The van der Waals surface area contributed by atoms with Crippen LogP contribution in [0.15, 0.2) is 29.2 Å². The summed E-state index contributed by atoms with van der Waals surface area (Å²) in [6.45, 7) is 0. The molecule has 0 saturated heterocycles. The van der Waals surface area contributed by atoms with Gasteiger partial charge in [0.05, 0.1) is 5.30 Å². The molecule has 0 aromatic heterocycles. The van der Waals surface area contributed by atoms with Gasteiger partial charge in [0, 0.05) is 0 Å². The Morgan fingerprint density at radius 1 is 1.21 bits per heavy atom. The number of hydrogen-bond acceptors (Lipinski definition) is 3. The average Bonchev–Trinajstić information content (AvgIpc) is 2.01. The van der Waals surface area contributed by atoms with Crippen LogP contribution in [0.1, 0.15) is 0 Å². The van der Waals surface area contributed by atoms with Gasteiger partial charge in [0.1, 0.15) is 4.90 Å². The molecule has 0 aliphatic heterocycles. The van der Waals surface area contributed by atoms with Gasteiger partial charge in [-0.3, -0.25) is 4.57 Å². The van der Waals surface area contributed by atoms with Gasteiger partial charge >= 0.3 is 17.8 Å². The van der Waals surface area contributed by atoms with Crippen LogP contribution in [0, 0.1) is 0 Å². The van der Waals surface area contributed by atoms with Crippen LogP contribution >= 0.6 is 7.60 Å². The molecule has 0 amide bonds. The zero-order valence-electron chi connectivity index (χ0n) is 6.66. The van der Waals surface area contributed by atoms with Crippen LogP contribution in [0.4, 0.5) is 3.89 Å². The van der Waals surface area contributed by atoms with E-state index >= 15 is 0 Å². The summed E-state index contributed by atoms with van der Waals surface area (Å²) in [6, 6.07) is 4.05. The van der Waals surface area contributed by atoms with Crippen molar-refractivity contribution in [2.75, 3.05) is 0 Å². The second kappa shape index (κ2) is 3.43. The summed E-state index contributed by atoms with van der Waals surface area (Å²) in [4.78, 5) is 16.4. The van der Waals surface area contributed by atoms with E-state index in [0.717, 1.165) is 12.1 Å². The molecule has 0 spiro atoms. The molecular formula is C6H6FO5PS. The van der Waals surface area contributed by atoms with Crippen molar-refractivity contribution in [1.82, 2.24) is 0 Å². The Hall–Kier alpha value is -0.750. The molecule has 2 N–H and O–H groups in total. The van der Waals surface area contributed by atoms with Crippen LogP contribution in [0.5, 0.6) is 0 Å². The van der Waals surface area contributed by atoms with Gasteiger partial charge < -0.3 is 9.79 Å². The lowest BCUT2D eigenvalue weighted by Crippen LogP contribution is -2.12. The van der Waals surface area contributed by atoms with Crippen molar-refractivity contribution in [2.45, 2.75) is 4.90 Å². The fourth-order valence-electron chi connectivity index (χ4n) is 0.904. The second-order valence-corrected chi connectivity index (χ2v) is 5.33. The largest absolute Gasteiger partial charge is 0.357 e. The molecule has 8 heteroatoms. The molecule has 0 aliphatic rings. The van der Waals surface area contributed by atoms with Crippen molar-refractivity contribution in [3.05, 3.63) is 24.3 Å². The van der Waals surface area contributed by atoms with Crippen molar-refractivity contribution < 1.29 is 26.7 Å². The summed E-state index contributed by atoms with van der Waals surface area (Å²) < 4.78 is 44.3. The van der Waals surface area contributed by atoms with E-state index in [4.69, 9.17) is 9.79 Å². The molecule has 1 aromatic carbocycles. The molecule has 0 bridgehead atoms. The SMILES string of the molecule is O=P(O)(O)c1ccccc1S(=O)(=O)F. The lowest BCUT2D eigenvalue weighted by molar-refractivity contribution is 0.386. The summed E-state index contributed by atoms with van der Waals surface area (Å²) in [5.74, 6) is 0. The zero-order valence-corrected chi connectivity index (χ0v) is 8.37. The third-order valence-electron chi connectivity index (χ3n) is 1.44. The molecule has 14 heavy (non-hydrogen) atoms. The Balaban J connectivity index is 3.55. The topological polar surface area (TPSA) is 91.7 Å². The first-order valence-electron chi connectivity index (χ1n) is 3.33. The van der Waals surface area contributed by atoms with Gasteiger partial charge in [-0.2, -0.15) is 8.42 Å². The number of rotatable bonds is 2. The van der Waals surface area contributed by atoms with Crippen LogP contribution in [-0.4, -0.2) is 18.2 Å². The van der Waals surface area contributed by atoms with E-state index in [9.17, 15) is 16.9 Å². The maximum Gasteiger partial charge on any atom is 0.357 e. The predicted octanol–water partition coefficient (Wildman–Crippen LogP) is 0.148. The third kappa shape index (κ3) is 2.39. The van der Waals surface area contributed by atoms with E-state index in [1.165, 1.54) is 12.1 Å². The molecule has 1 rings (SSSR count). The highest BCUT2D eigenvalue weighted by Crippen LogP contribution is 2.36. The van der Waals surface area contributed by atoms with Crippen LogP contribution < -0.4 is 5.30 Å². The van der Waals surface area contributed by atoms with Gasteiger partial charge in [0.25, 0.3) is 0 Å². The van der Waals surface area contributed by atoms with E-state index in [-0.39, 0.29) is 0 Å². The Kier molecular flexibility index (Phi) is 2.78. The Labute approximate surface area is 79.6 Å². The van der Waals surface area contributed by atoms with Gasteiger partial charge in [-0.25, -0.2) is 0 Å². The fourth-order valence-corrected chi connectivity index (χ4v) is 2.79. The summed E-state index contributed by atoms with van der Waals surface area (Å²) in [6.07, 6.45) is 0. The fraction of sp³-hybridized carbons (Fsp3) is 0. The highest BCUT2D eigenvalue weighted by Gasteiger charge is 2.27. The first kappa shape index (κ1) is 11.3. The molecule has 78 valence electrons. The zero-order chi connectivity index (χ0) is 11.0. The molecule has 5 nitrogen and oxygen atoms in total. The van der Waals surface area contributed by atoms with Gasteiger partial charge in [0.2, 0.25) is 0 Å². The molecule has 0 unspecified atom stereocenters. The summed E-state index contributed by atoms with van der Waals surface area (Å²) in [5.41, 5.74) is 0. The lowest BCUT2D eigenvalue weighted by atomic mass is 10.4. The van der Waals surface area contributed by atoms with E-state index in [1.807, 2.05) is 0 Å². The predicted molar refractivity (Wildman–Crippen MR) is 46.4 cm³/mol. The molecule has 1 aromatic rings. The monoisotopic (exact) mass is 240 g/mol. The molecule has 0 radical (unpaired) electrons. The summed E-state index contributed by atoms with van der Waals surface area (Å²) >= 11 is 0. The van der Waals surface area contributed by atoms with Crippen molar-refractivity contribution >= 4 is 23.1 Å². The van der Waals surface area contributed by atoms with Gasteiger partial charge in [-0.05, 0) is 12.1 Å². The maximum absolute atomic E-state index is 12.5. The highest BCUT2D eigenvalue weighted by atomic mass is 32.3. The first-order valence-corrected chi connectivity index (χ1v) is 6.32. The molecular weight excluding hydrogens is 234 g/mol. The van der Waals surface area contributed by atoms with Crippen LogP contribution in [0.25, 0.3) is 0 Å². The molecule has 0 atom stereocenters. The van der Waals surface area contributed by atoms with Crippen molar-refractivity contribution in [3.63, 3.8) is 0 Å². The van der Waals surface area contributed by atoms with Gasteiger partial charge in [-0.1, -0.05) is 12.1 Å².